The first kappa shape index (κ1) is 20.6. The van der Waals surface area contributed by atoms with Crippen LogP contribution in [-0.2, 0) is 22.7 Å². The van der Waals surface area contributed by atoms with Gasteiger partial charge < -0.3 is 4.57 Å². The van der Waals surface area contributed by atoms with Gasteiger partial charge in [-0.2, -0.15) is 13.2 Å². The average molecular weight is 433 g/mol. The van der Waals surface area contributed by atoms with Gasteiger partial charge in [-0.25, -0.2) is 23.1 Å². The number of pyridine rings is 1. The number of halogens is 4. The number of aryl methyl sites for hydroxylation is 1. The topological polar surface area (TPSA) is 76.9 Å². The summed E-state index contributed by atoms with van der Waals surface area (Å²) in [5, 5.41) is 0.395. The van der Waals surface area contributed by atoms with E-state index in [1.54, 1.807) is 13.8 Å². The third-order valence-corrected chi connectivity index (χ3v) is 5.93. The van der Waals surface area contributed by atoms with Crippen molar-refractivity contribution in [3.05, 3.63) is 52.9 Å². The van der Waals surface area contributed by atoms with Gasteiger partial charge in [0.1, 0.15) is 5.82 Å². The Labute approximate surface area is 164 Å². The molecule has 28 heavy (non-hydrogen) atoms. The first-order chi connectivity index (χ1) is 13.0. The molecule has 0 aliphatic heterocycles. The summed E-state index contributed by atoms with van der Waals surface area (Å²) in [6.07, 6.45) is -3.83. The van der Waals surface area contributed by atoms with E-state index in [1.165, 1.54) is 28.8 Å². The van der Waals surface area contributed by atoms with Gasteiger partial charge in [-0.05, 0) is 44.2 Å². The number of fused-ring (bicyclic) bond motifs is 1. The van der Waals surface area contributed by atoms with E-state index in [0.29, 0.717) is 17.8 Å². The molecule has 0 aliphatic carbocycles. The van der Waals surface area contributed by atoms with Crippen LogP contribution in [0.15, 0.2) is 41.4 Å². The lowest BCUT2D eigenvalue weighted by atomic mass is 10.2. The molecule has 0 saturated heterocycles. The zero-order valence-corrected chi connectivity index (χ0v) is 16.4. The summed E-state index contributed by atoms with van der Waals surface area (Å²) in [6, 6.07) is 5.77. The minimum Gasteiger partial charge on any atom is -0.326 e. The van der Waals surface area contributed by atoms with E-state index < -0.39 is 27.8 Å². The molecule has 6 nitrogen and oxygen atoms in total. The number of sulfonamides is 1. The van der Waals surface area contributed by atoms with Gasteiger partial charge in [0.25, 0.3) is 0 Å². The number of aromatic nitrogens is 3. The zero-order valence-electron chi connectivity index (χ0n) is 14.8. The summed E-state index contributed by atoms with van der Waals surface area (Å²) in [5.41, 5.74) is -0.595. The molecule has 0 unspecified atom stereocenters. The molecule has 3 rings (SSSR count). The standard InChI is InChI=1S/C17H16ClF3N4O2S/c1-3-25-14-8-11(17(19,20)21)9-22-15(14)23-16(25)10(2)24-28(26,27)13-6-4-12(18)5-7-13/h4-10,24H,3H2,1-2H3/t10-/m1/s1. The van der Waals surface area contributed by atoms with Gasteiger partial charge in [0.2, 0.25) is 10.0 Å². The van der Waals surface area contributed by atoms with Crippen LogP contribution in [0.4, 0.5) is 13.2 Å². The molecule has 0 fully saturated rings. The number of nitrogens with zero attached hydrogens (tertiary/aromatic N) is 3. The fraction of sp³-hybridized carbons (Fsp3) is 0.294. The van der Waals surface area contributed by atoms with Crippen molar-refractivity contribution in [3.63, 3.8) is 0 Å². The van der Waals surface area contributed by atoms with Gasteiger partial charge in [0.05, 0.1) is 22.0 Å². The Morgan fingerprint density at radius 3 is 2.46 bits per heavy atom. The number of hydrogen-bond donors (Lipinski definition) is 1. The van der Waals surface area contributed by atoms with Crippen LogP contribution in [0.5, 0.6) is 0 Å². The smallest absolute Gasteiger partial charge is 0.326 e. The van der Waals surface area contributed by atoms with Crippen LogP contribution < -0.4 is 4.72 Å². The third-order valence-electron chi connectivity index (χ3n) is 4.12. The Hall–Kier alpha value is -2.17. The number of imidazole rings is 1. The second kappa shape index (κ2) is 7.34. The molecule has 11 heteroatoms. The van der Waals surface area contributed by atoms with Crippen LogP contribution >= 0.6 is 11.6 Å². The highest BCUT2D eigenvalue weighted by Crippen LogP contribution is 2.31. The lowest BCUT2D eigenvalue weighted by Crippen LogP contribution is -2.28. The molecule has 0 saturated carbocycles. The highest BCUT2D eigenvalue weighted by atomic mass is 35.5. The van der Waals surface area contributed by atoms with Crippen molar-refractivity contribution >= 4 is 32.8 Å². The summed E-state index contributed by atoms with van der Waals surface area (Å²) in [7, 11) is -3.88. The summed E-state index contributed by atoms with van der Waals surface area (Å²) in [6.45, 7) is 3.58. The maximum Gasteiger partial charge on any atom is 0.417 e. The van der Waals surface area contributed by atoms with E-state index in [2.05, 4.69) is 14.7 Å². The predicted molar refractivity (Wildman–Crippen MR) is 98.4 cm³/mol. The first-order valence-electron chi connectivity index (χ1n) is 8.24. The molecule has 1 N–H and O–H groups in total. The Bertz CT molecular complexity index is 1110. The minimum absolute atomic E-state index is 0.0143. The van der Waals surface area contributed by atoms with E-state index in [0.717, 1.165) is 6.07 Å². The summed E-state index contributed by atoms with van der Waals surface area (Å²) in [4.78, 5) is 8.03. The molecular weight excluding hydrogens is 417 g/mol. The Morgan fingerprint density at radius 1 is 1.25 bits per heavy atom. The van der Waals surface area contributed by atoms with Gasteiger partial charge in [0, 0.05) is 17.8 Å². The second-order valence-electron chi connectivity index (χ2n) is 6.08. The largest absolute Gasteiger partial charge is 0.417 e. The molecule has 2 heterocycles. The highest BCUT2D eigenvalue weighted by Gasteiger charge is 2.32. The number of nitrogens with one attached hydrogen (secondary N) is 1. The number of alkyl halides is 3. The van der Waals surface area contributed by atoms with Crippen molar-refractivity contribution < 1.29 is 21.6 Å². The number of benzene rings is 1. The van der Waals surface area contributed by atoms with E-state index in [1.807, 2.05) is 0 Å². The molecule has 150 valence electrons. The summed E-state index contributed by atoms with van der Waals surface area (Å²) >= 11 is 5.78. The van der Waals surface area contributed by atoms with Crippen molar-refractivity contribution in [2.75, 3.05) is 0 Å². The van der Waals surface area contributed by atoms with Crippen LogP contribution in [0.25, 0.3) is 11.2 Å². The van der Waals surface area contributed by atoms with Crippen LogP contribution in [-0.4, -0.2) is 23.0 Å². The summed E-state index contributed by atoms with van der Waals surface area (Å²) in [5.74, 6) is 0.266. The predicted octanol–water partition coefficient (Wildman–Crippen LogP) is 4.16. The first-order valence-corrected chi connectivity index (χ1v) is 10.1. The maximum absolute atomic E-state index is 13.0. The van der Waals surface area contributed by atoms with Crippen molar-refractivity contribution in [2.24, 2.45) is 0 Å². The minimum atomic E-state index is -4.54. The Kier molecular flexibility index (Phi) is 5.39. The average Bonchev–Trinajstić information content (AvgIpc) is 2.99. The molecule has 2 aromatic heterocycles. The fourth-order valence-electron chi connectivity index (χ4n) is 2.81. The molecule has 1 atom stereocenters. The Balaban J connectivity index is 1.99. The normalized spacial score (nSPS) is 13.8. The second-order valence-corrected chi connectivity index (χ2v) is 8.23. The van der Waals surface area contributed by atoms with Crippen molar-refractivity contribution in [2.45, 2.75) is 37.5 Å². The van der Waals surface area contributed by atoms with Crippen molar-refractivity contribution in [3.8, 4) is 0 Å². The quantitative estimate of drug-likeness (QED) is 0.656. The maximum atomic E-state index is 13.0. The monoisotopic (exact) mass is 432 g/mol. The molecule has 1 aromatic carbocycles. The zero-order chi connectivity index (χ0) is 20.7. The van der Waals surface area contributed by atoms with Gasteiger partial charge >= 0.3 is 6.18 Å². The molecule has 0 amide bonds. The molecule has 0 spiro atoms. The molecular formula is C17H16ClF3N4O2S. The highest BCUT2D eigenvalue weighted by molar-refractivity contribution is 7.89. The van der Waals surface area contributed by atoms with Crippen LogP contribution in [0.1, 0.15) is 31.3 Å². The molecule has 3 aromatic rings. The third kappa shape index (κ3) is 3.98. The lowest BCUT2D eigenvalue weighted by molar-refractivity contribution is -0.137. The van der Waals surface area contributed by atoms with Crippen LogP contribution in [0, 0.1) is 0 Å². The van der Waals surface area contributed by atoms with Crippen LogP contribution in [0.3, 0.4) is 0 Å². The lowest BCUT2D eigenvalue weighted by Gasteiger charge is -2.15. The number of hydrogen-bond acceptors (Lipinski definition) is 4. The molecule has 0 aliphatic rings. The van der Waals surface area contributed by atoms with Gasteiger partial charge in [-0.3, -0.25) is 0 Å². The van der Waals surface area contributed by atoms with E-state index in [-0.39, 0.29) is 21.9 Å². The van der Waals surface area contributed by atoms with Crippen LogP contribution in [0.2, 0.25) is 5.02 Å². The van der Waals surface area contributed by atoms with Gasteiger partial charge in [0.15, 0.2) is 5.65 Å². The SMILES string of the molecule is CCn1c([C@@H](C)NS(=O)(=O)c2ccc(Cl)cc2)nc2ncc(C(F)(F)F)cc21. The number of rotatable bonds is 5. The van der Waals surface area contributed by atoms with Crippen molar-refractivity contribution in [1.29, 1.82) is 0 Å². The Morgan fingerprint density at radius 2 is 1.89 bits per heavy atom. The van der Waals surface area contributed by atoms with Gasteiger partial charge in [-0.1, -0.05) is 11.6 Å². The molecule has 0 bridgehead atoms. The molecule has 0 radical (unpaired) electrons. The fourth-order valence-corrected chi connectivity index (χ4v) is 4.14. The van der Waals surface area contributed by atoms with E-state index in [4.69, 9.17) is 11.6 Å². The van der Waals surface area contributed by atoms with E-state index in [9.17, 15) is 21.6 Å². The van der Waals surface area contributed by atoms with Crippen molar-refractivity contribution in [1.82, 2.24) is 19.3 Å². The van der Waals surface area contributed by atoms with E-state index >= 15 is 0 Å². The summed E-state index contributed by atoms with van der Waals surface area (Å²) < 4.78 is 68.1. The van der Waals surface area contributed by atoms with Gasteiger partial charge in [-0.15, -0.1) is 0 Å².